The Hall–Kier alpha value is -3.15. The van der Waals surface area contributed by atoms with Crippen molar-refractivity contribution in [3.8, 4) is 11.4 Å². The largest absolute Gasteiger partial charge is 0.465 e. The van der Waals surface area contributed by atoms with Crippen molar-refractivity contribution in [1.82, 2.24) is 10.1 Å². The van der Waals surface area contributed by atoms with E-state index >= 15 is 0 Å². The number of carbonyl (C=O) groups excluding carboxylic acids is 1. The molecule has 3 rings (SSSR count). The molecule has 0 fully saturated rings. The number of carbonyl (C=O) groups is 1. The van der Waals surface area contributed by atoms with Gasteiger partial charge in [0.15, 0.2) is 0 Å². The number of methoxy groups -OCH3 is 1. The summed E-state index contributed by atoms with van der Waals surface area (Å²) in [7, 11) is 1.36. The van der Waals surface area contributed by atoms with Gasteiger partial charge in [0, 0.05) is 11.3 Å². The highest BCUT2D eigenvalue weighted by Gasteiger charge is 2.11. The highest BCUT2D eigenvalue weighted by atomic mass is 16.5. The summed E-state index contributed by atoms with van der Waals surface area (Å²) >= 11 is 0. The molecule has 0 radical (unpaired) electrons. The van der Waals surface area contributed by atoms with Gasteiger partial charge in [-0.3, -0.25) is 0 Å². The van der Waals surface area contributed by atoms with Crippen molar-refractivity contribution in [1.29, 1.82) is 0 Å². The average molecular weight is 323 g/mol. The fraction of sp³-hybridized carbons (Fsp3) is 0.167. The van der Waals surface area contributed by atoms with Crippen LogP contribution in [0.5, 0.6) is 0 Å². The number of esters is 1. The zero-order valence-electron chi connectivity index (χ0n) is 13.4. The van der Waals surface area contributed by atoms with Crippen molar-refractivity contribution in [3.05, 3.63) is 65.5 Å². The lowest BCUT2D eigenvalue weighted by atomic mass is 10.1. The maximum Gasteiger partial charge on any atom is 0.337 e. The molecule has 1 N–H and O–H groups in total. The molecule has 6 heteroatoms. The Morgan fingerprint density at radius 2 is 2.04 bits per heavy atom. The average Bonchev–Trinajstić information content (AvgIpc) is 3.08. The van der Waals surface area contributed by atoms with Gasteiger partial charge in [-0.05, 0) is 30.7 Å². The molecule has 1 aromatic heterocycles. The molecule has 3 aromatic rings. The van der Waals surface area contributed by atoms with Gasteiger partial charge in [0.1, 0.15) is 0 Å². The monoisotopic (exact) mass is 323 g/mol. The third kappa shape index (κ3) is 3.43. The van der Waals surface area contributed by atoms with Crippen LogP contribution in [0, 0.1) is 6.92 Å². The van der Waals surface area contributed by atoms with Crippen LogP contribution in [0.15, 0.2) is 53.1 Å². The molecule has 122 valence electrons. The van der Waals surface area contributed by atoms with Crippen LogP contribution < -0.4 is 5.32 Å². The molecule has 1 heterocycles. The molecule has 0 aliphatic heterocycles. The van der Waals surface area contributed by atoms with E-state index < -0.39 is 0 Å². The van der Waals surface area contributed by atoms with E-state index in [1.165, 1.54) is 7.11 Å². The van der Waals surface area contributed by atoms with Gasteiger partial charge in [0.2, 0.25) is 11.7 Å². The number of aryl methyl sites for hydroxylation is 1. The van der Waals surface area contributed by atoms with E-state index in [2.05, 4.69) is 15.5 Å². The van der Waals surface area contributed by atoms with E-state index in [1.807, 2.05) is 37.3 Å². The van der Waals surface area contributed by atoms with Crippen molar-refractivity contribution in [2.24, 2.45) is 0 Å². The van der Waals surface area contributed by atoms with Crippen LogP contribution in [0.2, 0.25) is 0 Å². The topological polar surface area (TPSA) is 77.2 Å². The first-order chi connectivity index (χ1) is 11.7. The predicted octanol–water partition coefficient (Wildman–Crippen LogP) is 3.44. The van der Waals surface area contributed by atoms with E-state index in [1.54, 1.807) is 18.2 Å². The van der Waals surface area contributed by atoms with Crippen molar-refractivity contribution in [3.63, 3.8) is 0 Å². The van der Waals surface area contributed by atoms with Crippen LogP contribution >= 0.6 is 0 Å². The summed E-state index contributed by atoms with van der Waals surface area (Å²) in [5.41, 5.74) is 3.28. The van der Waals surface area contributed by atoms with Gasteiger partial charge in [-0.2, -0.15) is 4.98 Å². The standard InChI is InChI=1S/C18H17N3O3/c1-12-6-3-4-9-15(12)17-20-16(24-21-17)11-19-14-8-5-7-13(10-14)18(22)23-2/h3-10,19H,11H2,1-2H3. The Morgan fingerprint density at radius 3 is 2.83 bits per heavy atom. The molecular weight excluding hydrogens is 306 g/mol. The molecule has 0 saturated carbocycles. The second-order valence-electron chi connectivity index (χ2n) is 5.25. The quantitative estimate of drug-likeness (QED) is 0.725. The zero-order valence-corrected chi connectivity index (χ0v) is 13.4. The van der Waals surface area contributed by atoms with Gasteiger partial charge in [0.25, 0.3) is 0 Å². The number of hydrogen-bond acceptors (Lipinski definition) is 6. The Kier molecular flexibility index (Phi) is 4.56. The predicted molar refractivity (Wildman–Crippen MR) is 89.6 cm³/mol. The Balaban J connectivity index is 1.70. The molecule has 0 bridgehead atoms. The summed E-state index contributed by atoms with van der Waals surface area (Å²) < 4.78 is 9.99. The third-order valence-electron chi connectivity index (χ3n) is 3.58. The second kappa shape index (κ2) is 6.95. The second-order valence-corrected chi connectivity index (χ2v) is 5.25. The first kappa shape index (κ1) is 15.7. The van der Waals surface area contributed by atoms with E-state index in [9.17, 15) is 4.79 Å². The zero-order chi connectivity index (χ0) is 16.9. The summed E-state index contributed by atoms with van der Waals surface area (Å²) in [6.07, 6.45) is 0. The first-order valence-electron chi connectivity index (χ1n) is 7.48. The fourth-order valence-corrected chi connectivity index (χ4v) is 2.31. The van der Waals surface area contributed by atoms with Crippen molar-refractivity contribution in [2.75, 3.05) is 12.4 Å². The number of aromatic nitrogens is 2. The van der Waals surface area contributed by atoms with E-state index in [-0.39, 0.29) is 5.97 Å². The van der Waals surface area contributed by atoms with Gasteiger partial charge < -0.3 is 14.6 Å². The normalized spacial score (nSPS) is 10.4. The van der Waals surface area contributed by atoms with Crippen molar-refractivity contribution >= 4 is 11.7 Å². The van der Waals surface area contributed by atoms with Crippen LogP contribution in [-0.4, -0.2) is 23.2 Å². The van der Waals surface area contributed by atoms with Gasteiger partial charge >= 0.3 is 5.97 Å². The number of nitrogens with one attached hydrogen (secondary N) is 1. The molecule has 0 aliphatic carbocycles. The molecule has 0 unspecified atom stereocenters. The number of hydrogen-bond donors (Lipinski definition) is 1. The number of ether oxygens (including phenoxy) is 1. The SMILES string of the molecule is COC(=O)c1cccc(NCc2nc(-c3ccccc3C)no2)c1. The number of rotatable bonds is 5. The summed E-state index contributed by atoms with van der Waals surface area (Å²) in [5.74, 6) is 0.656. The van der Waals surface area contributed by atoms with E-state index in [0.717, 1.165) is 16.8 Å². The fourth-order valence-electron chi connectivity index (χ4n) is 2.31. The highest BCUT2D eigenvalue weighted by molar-refractivity contribution is 5.90. The molecule has 0 aliphatic rings. The summed E-state index contributed by atoms with van der Waals surface area (Å²) in [4.78, 5) is 15.9. The molecular formula is C18H17N3O3. The van der Waals surface area contributed by atoms with Crippen molar-refractivity contribution in [2.45, 2.75) is 13.5 Å². The minimum atomic E-state index is -0.377. The molecule has 0 spiro atoms. The third-order valence-corrected chi connectivity index (χ3v) is 3.58. The number of anilines is 1. The van der Waals surface area contributed by atoms with Crippen LogP contribution in [0.1, 0.15) is 21.8 Å². The van der Waals surface area contributed by atoms with Crippen LogP contribution in [0.4, 0.5) is 5.69 Å². The van der Waals surface area contributed by atoms with Crippen LogP contribution in [0.3, 0.4) is 0 Å². The number of nitrogens with zero attached hydrogens (tertiary/aromatic N) is 2. The van der Waals surface area contributed by atoms with Gasteiger partial charge in [-0.1, -0.05) is 35.5 Å². The smallest absolute Gasteiger partial charge is 0.337 e. The van der Waals surface area contributed by atoms with Gasteiger partial charge in [-0.15, -0.1) is 0 Å². The molecule has 0 saturated heterocycles. The maximum atomic E-state index is 11.5. The van der Waals surface area contributed by atoms with Gasteiger partial charge in [0.05, 0.1) is 19.2 Å². The van der Waals surface area contributed by atoms with Crippen molar-refractivity contribution < 1.29 is 14.1 Å². The van der Waals surface area contributed by atoms with Gasteiger partial charge in [-0.25, -0.2) is 4.79 Å². The summed E-state index contributed by atoms with van der Waals surface area (Å²) in [6.45, 7) is 2.37. The van der Waals surface area contributed by atoms with E-state index in [0.29, 0.717) is 23.8 Å². The lowest BCUT2D eigenvalue weighted by Crippen LogP contribution is -2.04. The maximum absolute atomic E-state index is 11.5. The number of benzene rings is 2. The lowest BCUT2D eigenvalue weighted by molar-refractivity contribution is 0.0601. The first-order valence-corrected chi connectivity index (χ1v) is 7.48. The summed E-state index contributed by atoms with van der Waals surface area (Å²) in [5, 5.41) is 7.17. The Labute approximate surface area is 139 Å². The van der Waals surface area contributed by atoms with Crippen LogP contribution in [-0.2, 0) is 11.3 Å². The molecule has 24 heavy (non-hydrogen) atoms. The van der Waals surface area contributed by atoms with E-state index in [4.69, 9.17) is 9.26 Å². The highest BCUT2D eigenvalue weighted by Crippen LogP contribution is 2.20. The molecule has 6 nitrogen and oxygen atoms in total. The molecule has 0 atom stereocenters. The Bertz CT molecular complexity index is 858. The molecule has 2 aromatic carbocycles. The van der Waals surface area contributed by atoms with Crippen LogP contribution in [0.25, 0.3) is 11.4 Å². The minimum Gasteiger partial charge on any atom is -0.465 e. The summed E-state index contributed by atoms with van der Waals surface area (Å²) in [6, 6.07) is 14.9. The Morgan fingerprint density at radius 1 is 1.21 bits per heavy atom. The minimum absolute atomic E-state index is 0.365. The lowest BCUT2D eigenvalue weighted by Gasteiger charge is -2.05. The molecule has 0 amide bonds.